The fourth-order valence-corrected chi connectivity index (χ4v) is 5.09. The van der Waals surface area contributed by atoms with E-state index in [0.717, 1.165) is 25.9 Å². The number of amides is 1. The van der Waals surface area contributed by atoms with E-state index in [0.29, 0.717) is 41.9 Å². The number of nitrogens with zero attached hydrogens (tertiary/aromatic N) is 1. The van der Waals surface area contributed by atoms with E-state index in [2.05, 4.69) is 10.2 Å². The molecule has 136 valence electrons. The monoisotopic (exact) mass is 366 g/mol. The summed E-state index contributed by atoms with van der Waals surface area (Å²) in [7, 11) is 0. The quantitative estimate of drug-likeness (QED) is 0.871. The van der Waals surface area contributed by atoms with Crippen LogP contribution in [0.4, 0.5) is 4.39 Å². The number of hydrogen-bond acceptors (Lipinski definition) is 3. The highest BCUT2D eigenvalue weighted by atomic mass is 35.5. The van der Waals surface area contributed by atoms with Crippen LogP contribution in [0.15, 0.2) is 18.2 Å². The number of ether oxygens (including phenoxy) is 1. The summed E-state index contributed by atoms with van der Waals surface area (Å²) < 4.78 is 20.5. The summed E-state index contributed by atoms with van der Waals surface area (Å²) in [6.45, 7) is 4.86. The fourth-order valence-electron chi connectivity index (χ4n) is 4.93. The zero-order valence-corrected chi connectivity index (χ0v) is 15.2. The molecule has 3 aliphatic rings. The largest absolute Gasteiger partial charge is 0.370 e. The number of benzene rings is 1. The zero-order chi connectivity index (χ0) is 17.6. The van der Waals surface area contributed by atoms with Gasteiger partial charge in [0.2, 0.25) is 5.91 Å². The summed E-state index contributed by atoms with van der Waals surface area (Å²) in [6.07, 6.45) is 2.90. The molecule has 0 unspecified atom stereocenters. The van der Waals surface area contributed by atoms with Crippen LogP contribution in [0.3, 0.4) is 0 Å². The number of likely N-dealkylation sites (tertiary alicyclic amines) is 1. The number of halogens is 2. The van der Waals surface area contributed by atoms with Crippen molar-refractivity contribution >= 4 is 17.5 Å². The Morgan fingerprint density at radius 3 is 3.12 bits per heavy atom. The predicted octanol–water partition coefficient (Wildman–Crippen LogP) is 2.98. The lowest BCUT2D eigenvalue weighted by molar-refractivity contribution is -0.121. The SMILES string of the molecule is CCC(=O)NC[C@H]1[C@H]2CN(Cc3ccc(Cl)cc3F)C[C@]23CC[C@H]1O3. The highest BCUT2D eigenvalue weighted by Gasteiger charge is 2.62. The van der Waals surface area contributed by atoms with Gasteiger partial charge < -0.3 is 10.1 Å². The van der Waals surface area contributed by atoms with Gasteiger partial charge in [0.05, 0.1) is 11.7 Å². The van der Waals surface area contributed by atoms with Gasteiger partial charge in [-0.1, -0.05) is 24.6 Å². The molecule has 1 N–H and O–H groups in total. The fraction of sp³-hybridized carbons (Fsp3) is 0.632. The molecule has 1 amide bonds. The molecule has 0 aliphatic carbocycles. The van der Waals surface area contributed by atoms with Crippen molar-refractivity contribution in [1.82, 2.24) is 10.2 Å². The average Bonchev–Trinajstić information content (AvgIpc) is 3.23. The van der Waals surface area contributed by atoms with Crippen molar-refractivity contribution in [2.24, 2.45) is 11.8 Å². The van der Waals surface area contributed by atoms with Gasteiger partial charge in [0, 0.05) is 55.0 Å². The van der Waals surface area contributed by atoms with Crippen molar-refractivity contribution in [3.8, 4) is 0 Å². The second kappa shape index (κ2) is 6.53. The van der Waals surface area contributed by atoms with Gasteiger partial charge in [-0.2, -0.15) is 0 Å². The van der Waals surface area contributed by atoms with Gasteiger partial charge in [-0.3, -0.25) is 9.69 Å². The number of nitrogens with one attached hydrogen (secondary N) is 1. The first-order valence-electron chi connectivity index (χ1n) is 9.11. The van der Waals surface area contributed by atoms with Crippen LogP contribution >= 0.6 is 11.6 Å². The van der Waals surface area contributed by atoms with Crippen molar-refractivity contribution in [2.75, 3.05) is 19.6 Å². The summed E-state index contributed by atoms with van der Waals surface area (Å²) in [5, 5.41) is 3.46. The van der Waals surface area contributed by atoms with Crippen LogP contribution in [0.2, 0.25) is 5.02 Å². The maximum absolute atomic E-state index is 14.1. The first-order valence-corrected chi connectivity index (χ1v) is 9.49. The maximum atomic E-state index is 14.1. The lowest BCUT2D eigenvalue weighted by atomic mass is 9.73. The number of carbonyl (C=O) groups is 1. The van der Waals surface area contributed by atoms with Gasteiger partial charge in [0.15, 0.2) is 0 Å². The highest BCUT2D eigenvalue weighted by Crippen LogP contribution is 2.54. The molecule has 3 heterocycles. The van der Waals surface area contributed by atoms with E-state index in [-0.39, 0.29) is 23.4 Å². The summed E-state index contributed by atoms with van der Waals surface area (Å²) in [5.74, 6) is 0.622. The van der Waals surface area contributed by atoms with Crippen molar-refractivity contribution in [3.63, 3.8) is 0 Å². The van der Waals surface area contributed by atoms with Gasteiger partial charge in [-0.15, -0.1) is 0 Å². The Labute approximate surface area is 152 Å². The third-order valence-electron chi connectivity index (χ3n) is 6.12. The molecule has 6 heteroatoms. The minimum absolute atomic E-state index is 0.0925. The Bertz CT molecular complexity index is 685. The summed E-state index contributed by atoms with van der Waals surface area (Å²) >= 11 is 5.84. The predicted molar refractivity (Wildman–Crippen MR) is 93.8 cm³/mol. The standard InChI is InChI=1S/C19H24ClFN2O2/c1-2-18(24)22-8-14-15-10-23(11-19(15)6-5-17(14)25-19)9-12-3-4-13(20)7-16(12)21/h3-4,7,14-15,17H,2,5-6,8-11H2,1H3,(H,22,24)/t14-,15+,17+,19+/m0/s1. The van der Waals surface area contributed by atoms with Crippen molar-refractivity contribution in [1.29, 1.82) is 0 Å². The molecule has 4 rings (SSSR count). The van der Waals surface area contributed by atoms with Gasteiger partial charge in [0.25, 0.3) is 0 Å². The third kappa shape index (κ3) is 3.07. The van der Waals surface area contributed by atoms with Crippen LogP contribution in [0.25, 0.3) is 0 Å². The van der Waals surface area contributed by atoms with E-state index < -0.39 is 0 Å². The Hall–Kier alpha value is -1.17. The van der Waals surface area contributed by atoms with Crippen LogP contribution in [0.1, 0.15) is 31.7 Å². The van der Waals surface area contributed by atoms with Crippen LogP contribution < -0.4 is 5.32 Å². The average molecular weight is 367 g/mol. The molecule has 2 bridgehead atoms. The number of rotatable bonds is 5. The molecular formula is C19H24ClFN2O2. The van der Waals surface area contributed by atoms with Crippen molar-refractivity contribution in [2.45, 2.75) is 44.4 Å². The van der Waals surface area contributed by atoms with Crippen molar-refractivity contribution < 1.29 is 13.9 Å². The van der Waals surface area contributed by atoms with Crippen molar-refractivity contribution in [3.05, 3.63) is 34.6 Å². The third-order valence-corrected chi connectivity index (χ3v) is 6.35. The number of carbonyl (C=O) groups excluding carboxylic acids is 1. The molecule has 1 aromatic carbocycles. The minimum Gasteiger partial charge on any atom is -0.370 e. The van der Waals surface area contributed by atoms with Crippen LogP contribution in [-0.2, 0) is 16.1 Å². The molecule has 1 aromatic rings. The summed E-state index contributed by atoms with van der Waals surface area (Å²) in [4.78, 5) is 13.9. The minimum atomic E-state index is -0.251. The molecule has 3 fully saturated rings. The Morgan fingerprint density at radius 1 is 1.52 bits per heavy atom. The van der Waals surface area contributed by atoms with E-state index in [9.17, 15) is 9.18 Å². The van der Waals surface area contributed by atoms with Crippen LogP contribution in [0.5, 0.6) is 0 Å². The Balaban J connectivity index is 1.45. The van der Waals surface area contributed by atoms with Gasteiger partial charge in [0.1, 0.15) is 5.82 Å². The second-order valence-corrected chi connectivity index (χ2v) is 8.03. The van der Waals surface area contributed by atoms with E-state index in [4.69, 9.17) is 16.3 Å². The number of hydrogen-bond donors (Lipinski definition) is 1. The molecule has 3 aliphatic heterocycles. The van der Waals surface area contributed by atoms with E-state index >= 15 is 0 Å². The van der Waals surface area contributed by atoms with Gasteiger partial charge in [-0.25, -0.2) is 4.39 Å². The van der Waals surface area contributed by atoms with Gasteiger partial charge in [-0.05, 0) is 25.0 Å². The Kier molecular flexibility index (Phi) is 4.50. The molecule has 25 heavy (non-hydrogen) atoms. The summed E-state index contributed by atoms with van der Waals surface area (Å²) in [6, 6.07) is 4.87. The molecule has 3 saturated heterocycles. The van der Waals surface area contributed by atoms with E-state index in [1.165, 1.54) is 6.07 Å². The Morgan fingerprint density at radius 2 is 2.36 bits per heavy atom. The smallest absolute Gasteiger partial charge is 0.219 e. The molecular weight excluding hydrogens is 343 g/mol. The number of fused-ring (bicyclic) bond motifs is 1. The lowest BCUT2D eigenvalue weighted by Gasteiger charge is -2.29. The first kappa shape index (κ1) is 17.3. The molecule has 1 spiro atoms. The zero-order valence-electron chi connectivity index (χ0n) is 14.4. The molecule has 0 aromatic heterocycles. The van der Waals surface area contributed by atoms with Crippen LogP contribution in [-0.4, -0.2) is 42.1 Å². The topological polar surface area (TPSA) is 41.6 Å². The molecule has 0 saturated carbocycles. The van der Waals surface area contributed by atoms with Gasteiger partial charge >= 0.3 is 0 Å². The second-order valence-electron chi connectivity index (χ2n) is 7.59. The van der Waals surface area contributed by atoms with Crippen LogP contribution in [0, 0.1) is 17.7 Å². The molecule has 4 nitrogen and oxygen atoms in total. The van der Waals surface area contributed by atoms with E-state index in [1.54, 1.807) is 12.1 Å². The molecule has 0 radical (unpaired) electrons. The highest BCUT2D eigenvalue weighted by molar-refractivity contribution is 6.30. The maximum Gasteiger partial charge on any atom is 0.219 e. The summed E-state index contributed by atoms with van der Waals surface area (Å²) in [5.41, 5.74) is 0.570. The van der Waals surface area contributed by atoms with E-state index in [1.807, 2.05) is 6.92 Å². The normalized spacial score (nSPS) is 33.6. The first-order chi connectivity index (χ1) is 12.0. The molecule has 4 atom stereocenters. The lowest BCUT2D eigenvalue weighted by Crippen LogP contribution is -2.41.